The number of carbonyl (C=O) groups excluding carboxylic acids is 1. The monoisotopic (exact) mass is 302 g/mol. The van der Waals surface area contributed by atoms with Gasteiger partial charge in [-0.3, -0.25) is 9.48 Å². The first-order chi connectivity index (χ1) is 10.7. The van der Waals surface area contributed by atoms with Crippen LogP contribution in [0.25, 0.3) is 6.08 Å². The second-order valence-electron chi connectivity index (χ2n) is 4.86. The van der Waals surface area contributed by atoms with E-state index in [-0.39, 0.29) is 5.91 Å². The van der Waals surface area contributed by atoms with Crippen molar-refractivity contribution in [3.05, 3.63) is 42.6 Å². The summed E-state index contributed by atoms with van der Waals surface area (Å²) in [5, 5.41) is 7.03. The van der Waals surface area contributed by atoms with E-state index in [1.165, 1.54) is 6.08 Å². The Balaban J connectivity index is 1.82. The summed E-state index contributed by atoms with van der Waals surface area (Å²) in [6.07, 6.45) is 8.12. The van der Waals surface area contributed by atoms with Crippen molar-refractivity contribution < 1.29 is 9.21 Å². The van der Waals surface area contributed by atoms with Gasteiger partial charge in [0.25, 0.3) is 0 Å². The van der Waals surface area contributed by atoms with Gasteiger partial charge in [-0.25, -0.2) is 0 Å². The molecule has 2 aromatic heterocycles. The topological polar surface area (TPSA) is 63.3 Å². The zero-order valence-electron chi connectivity index (χ0n) is 13.0. The smallest absolute Gasteiger partial charge is 0.248 e. The minimum absolute atomic E-state index is 0.209. The highest BCUT2D eigenvalue weighted by Gasteiger charge is 2.04. The second-order valence-corrected chi connectivity index (χ2v) is 4.86. The molecule has 2 aromatic rings. The van der Waals surface area contributed by atoms with Gasteiger partial charge in [0.1, 0.15) is 5.76 Å². The number of aromatic nitrogens is 2. The lowest BCUT2D eigenvalue weighted by atomic mass is 10.4. The third-order valence-corrected chi connectivity index (χ3v) is 3.38. The Bertz CT molecular complexity index is 597. The Hall–Kier alpha value is -2.34. The van der Waals surface area contributed by atoms with Crippen molar-refractivity contribution in [3.8, 4) is 0 Å². The molecule has 0 aliphatic rings. The number of anilines is 1. The quantitative estimate of drug-likeness (QED) is 0.761. The van der Waals surface area contributed by atoms with Crippen LogP contribution < -0.4 is 5.32 Å². The molecule has 2 rings (SSSR count). The highest BCUT2D eigenvalue weighted by Crippen LogP contribution is 2.06. The van der Waals surface area contributed by atoms with Gasteiger partial charge in [-0.1, -0.05) is 13.8 Å². The minimum Gasteiger partial charge on any atom is -0.465 e. The van der Waals surface area contributed by atoms with E-state index >= 15 is 0 Å². The fraction of sp³-hybridized carbons (Fsp3) is 0.375. The molecule has 0 fully saturated rings. The summed E-state index contributed by atoms with van der Waals surface area (Å²) in [5.41, 5.74) is 0.689. The molecule has 22 heavy (non-hydrogen) atoms. The highest BCUT2D eigenvalue weighted by molar-refractivity contribution is 6.01. The molecular weight excluding hydrogens is 280 g/mol. The Morgan fingerprint density at radius 1 is 1.45 bits per heavy atom. The summed E-state index contributed by atoms with van der Waals surface area (Å²) in [4.78, 5) is 14.1. The number of nitrogens with zero attached hydrogens (tertiary/aromatic N) is 3. The van der Waals surface area contributed by atoms with Crippen LogP contribution in [-0.2, 0) is 11.3 Å². The van der Waals surface area contributed by atoms with Crippen LogP contribution in [0.1, 0.15) is 19.6 Å². The summed E-state index contributed by atoms with van der Waals surface area (Å²) in [6.45, 7) is 8.09. The van der Waals surface area contributed by atoms with Gasteiger partial charge in [0, 0.05) is 18.8 Å². The molecule has 1 N–H and O–H groups in total. The number of hydrogen-bond donors (Lipinski definition) is 1. The predicted molar refractivity (Wildman–Crippen MR) is 86.4 cm³/mol. The molecule has 118 valence electrons. The van der Waals surface area contributed by atoms with Gasteiger partial charge in [-0.05, 0) is 31.3 Å². The molecule has 6 nitrogen and oxygen atoms in total. The number of likely N-dealkylation sites (N-methyl/N-ethyl adjacent to an activating group) is 1. The fourth-order valence-corrected chi connectivity index (χ4v) is 2.06. The number of nitrogens with one attached hydrogen (secondary N) is 1. The molecule has 0 aliphatic heterocycles. The SMILES string of the molecule is CCN(CC)CCn1cc(NC(=O)C=Cc2ccco2)cn1. The van der Waals surface area contributed by atoms with Gasteiger partial charge in [0.05, 0.1) is 24.7 Å². The van der Waals surface area contributed by atoms with Crippen LogP contribution in [0.15, 0.2) is 41.3 Å². The largest absolute Gasteiger partial charge is 0.465 e. The van der Waals surface area contributed by atoms with Crippen molar-refractivity contribution in [1.82, 2.24) is 14.7 Å². The summed E-state index contributed by atoms with van der Waals surface area (Å²) in [7, 11) is 0. The first kappa shape index (κ1) is 16.0. The second kappa shape index (κ2) is 8.19. The third kappa shape index (κ3) is 4.89. The van der Waals surface area contributed by atoms with E-state index < -0.39 is 0 Å². The minimum atomic E-state index is -0.209. The lowest BCUT2D eigenvalue weighted by Crippen LogP contribution is -2.27. The van der Waals surface area contributed by atoms with E-state index in [4.69, 9.17) is 4.42 Å². The molecule has 6 heteroatoms. The van der Waals surface area contributed by atoms with Gasteiger partial charge in [-0.15, -0.1) is 0 Å². The van der Waals surface area contributed by atoms with Crippen LogP contribution in [0.2, 0.25) is 0 Å². The zero-order chi connectivity index (χ0) is 15.8. The number of furan rings is 1. The van der Waals surface area contributed by atoms with E-state index in [0.29, 0.717) is 11.4 Å². The summed E-state index contributed by atoms with van der Waals surface area (Å²) in [6, 6.07) is 3.56. The maximum Gasteiger partial charge on any atom is 0.248 e. The van der Waals surface area contributed by atoms with E-state index in [0.717, 1.165) is 26.2 Å². The number of amides is 1. The van der Waals surface area contributed by atoms with E-state index in [2.05, 4.69) is 29.2 Å². The van der Waals surface area contributed by atoms with Crippen molar-refractivity contribution in [3.63, 3.8) is 0 Å². The van der Waals surface area contributed by atoms with Crippen LogP contribution in [-0.4, -0.2) is 40.2 Å². The van der Waals surface area contributed by atoms with Crippen LogP contribution in [0.5, 0.6) is 0 Å². The van der Waals surface area contributed by atoms with Crippen LogP contribution in [0.4, 0.5) is 5.69 Å². The summed E-state index contributed by atoms with van der Waals surface area (Å²) < 4.78 is 6.96. The summed E-state index contributed by atoms with van der Waals surface area (Å²) in [5.74, 6) is 0.435. The molecule has 0 bridgehead atoms. The average Bonchev–Trinajstić information content (AvgIpc) is 3.18. The lowest BCUT2D eigenvalue weighted by molar-refractivity contribution is -0.111. The first-order valence-electron chi connectivity index (χ1n) is 7.48. The molecule has 1 amide bonds. The van der Waals surface area contributed by atoms with Gasteiger partial charge in [0.15, 0.2) is 0 Å². The van der Waals surface area contributed by atoms with Gasteiger partial charge in [0.2, 0.25) is 5.91 Å². The third-order valence-electron chi connectivity index (χ3n) is 3.38. The molecular formula is C16H22N4O2. The van der Waals surface area contributed by atoms with Gasteiger partial charge in [-0.2, -0.15) is 5.10 Å². The molecule has 0 atom stereocenters. The van der Waals surface area contributed by atoms with Crippen LogP contribution >= 0.6 is 0 Å². The maximum absolute atomic E-state index is 11.8. The average molecular weight is 302 g/mol. The van der Waals surface area contributed by atoms with E-state index in [1.807, 2.05) is 10.9 Å². The standard InChI is InChI=1S/C16H22N4O2/c1-3-19(4-2)9-10-20-13-14(12-17-20)18-16(21)8-7-15-6-5-11-22-15/h5-8,11-13H,3-4,9-10H2,1-2H3,(H,18,21). The molecule has 0 saturated carbocycles. The van der Waals surface area contributed by atoms with Crippen LogP contribution in [0.3, 0.4) is 0 Å². The van der Waals surface area contributed by atoms with Gasteiger partial charge < -0.3 is 14.6 Å². The molecule has 0 radical (unpaired) electrons. The number of carbonyl (C=O) groups is 1. The Morgan fingerprint density at radius 3 is 2.95 bits per heavy atom. The highest BCUT2D eigenvalue weighted by atomic mass is 16.3. The normalized spacial score (nSPS) is 11.4. The Morgan fingerprint density at radius 2 is 2.27 bits per heavy atom. The number of hydrogen-bond acceptors (Lipinski definition) is 4. The molecule has 0 saturated heterocycles. The van der Waals surface area contributed by atoms with Crippen molar-refractivity contribution in [2.75, 3.05) is 25.0 Å². The molecule has 0 aliphatic carbocycles. The Kier molecular flexibility index (Phi) is 5.97. The Labute approximate surface area is 130 Å². The first-order valence-corrected chi connectivity index (χ1v) is 7.48. The summed E-state index contributed by atoms with van der Waals surface area (Å²) >= 11 is 0. The van der Waals surface area contributed by atoms with Crippen molar-refractivity contribution in [2.45, 2.75) is 20.4 Å². The van der Waals surface area contributed by atoms with E-state index in [1.54, 1.807) is 30.7 Å². The zero-order valence-corrected chi connectivity index (χ0v) is 13.0. The van der Waals surface area contributed by atoms with Crippen molar-refractivity contribution in [2.24, 2.45) is 0 Å². The van der Waals surface area contributed by atoms with Crippen molar-refractivity contribution in [1.29, 1.82) is 0 Å². The molecule has 0 spiro atoms. The fourth-order valence-electron chi connectivity index (χ4n) is 2.06. The lowest BCUT2D eigenvalue weighted by Gasteiger charge is -2.17. The molecule has 0 aromatic carbocycles. The molecule has 0 unspecified atom stereocenters. The predicted octanol–water partition coefficient (Wildman–Crippen LogP) is 2.47. The molecule has 2 heterocycles. The van der Waals surface area contributed by atoms with Crippen LogP contribution in [0, 0.1) is 0 Å². The van der Waals surface area contributed by atoms with Gasteiger partial charge >= 0.3 is 0 Å². The van der Waals surface area contributed by atoms with Crippen molar-refractivity contribution >= 4 is 17.7 Å². The van der Waals surface area contributed by atoms with E-state index in [9.17, 15) is 4.79 Å². The maximum atomic E-state index is 11.8. The number of rotatable bonds is 8.